The van der Waals surface area contributed by atoms with Crippen LogP contribution in [0.1, 0.15) is 52.9 Å². The van der Waals surface area contributed by atoms with Crippen molar-refractivity contribution in [3.8, 4) is 0 Å². The van der Waals surface area contributed by atoms with Gasteiger partial charge in [0, 0.05) is 12.1 Å². The normalized spacial score (nSPS) is 31.8. The third kappa shape index (κ3) is 3.96. The lowest BCUT2D eigenvalue weighted by Crippen LogP contribution is -2.51. The molecule has 1 heterocycles. The first-order valence-electron chi connectivity index (χ1n) is 7.57. The Morgan fingerprint density at radius 2 is 2.12 bits per heavy atom. The maximum atomic E-state index is 3.81. The Kier molecular flexibility index (Phi) is 4.48. The van der Waals surface area contributed by atoms with Crippen molar-refractivity contribution >= 4 is 0 Å². The van der Waals surface area contributed by atoms with Crippen LogP contribution in [0.2, 0.25) is 0 Å². The van der Waals surface area contributed by atoms with E-state index in [9.17, 15) is 0 Å². The molecule has 1 unspecified atom stereocenters. The van der Waals surface area contributed by atoms with Gasteiger partial charge in [0.2, 0.25) is 0 Å². The van der Waals surface area contributed by atoms with E-state index < -0.39 is 0 Å². The highest BCUT2D eigenvalue weighted by atomic mass is 15.2. The zero-order valence-corrected chi connectivity index (χ0v) is 12.0. The zero-order chi connectivity index (χ0) is 12.3. The molecule has 1 N–H and O–H groups in total. The van der Waals surface area contributed by atoms with E-state index in [1.165, 1.54) is 58.3 Å². The third-order valence-electron chi connectivity index (χ3n) is 4.47. The molecule has 0 radical (unpaired) electrons. The minimum absolute atomic E-state index is 0.411. The lowest BCUT2D eigenvalue weighted by atomic mass is 9.95. The maximum absolute atomic E-state index is 3.81. The highest BCUT2D eigenvalue weighted by Crippen LogP contribution is 2.40. The largest absolute Gasteiger partial charge is 0.310 e. The summed E-state index contributed by atoms with van der Waals surface area (Å²) in [5.74, 6) is 1.81. The molecule has 0 aromatic rings. The first-order chi connectivity index (χ1) is 8.10. The molecule has 0 spiro atoms. The van der Waals surface area contributed by atoms with E-state index in [0.717, 1.165) is 11.8 Å². The van der Waals surface area contributed by atoms with Crippen LogP contribution in [-0.4, -0.2) is 36.6 Å². The monoisotopic (exact) mass is 238 g/mol. The van der Waals surface area contributed by atoms with Crippen LogP contribution in [0.25, 0.3) is 0 Å². The highest BCUT2D eigenvalue weighted by molar-refractivity contribution is 5.00. The topological polar surface area (TPSA) is 15.3 Å². The van der Waals surface area contributed by atoms with Gasteiger partial charge in [0.25, 0.3) is 0 Å². The second-order valence-electron chi connectivity index (χ2n) is 6.78. The van der Waals surface area contributed by atoms with Crippen LogP contribution in [0.4, 0.5) is 0 Å². The van der Waals surface area contributed by atoms with E-state index in [1.54, 1.807) is 0 Å². The summed E-state index contributed by atoms with van der Waals surface area (Å²) >= 11 is 0. The standard InChI is InChI=1S/C15H30N2/c1-13(2)6-4-10-17-11-5-9-16-15(3,12-17)14-7-8-14/h13-14,16H,4-12H2,1-3H3. The van der Waals surface area contributed by atoms with Gasteiger partial charge in [-0.2, -0.15) is 0 Å². The van der Waals surface area contributed by atoms with Crippen LogP contribution in [0, 0.1) is 11.8 Å². The predicted octanol–water partition coefficient (Wildman–Crippen LogP) is 2.89. The summed E-state index contributed by atoms with van der Waals surface area (Å²) in [4.78, 5) is 2.71. The molecule has 100 valence electrons. The fourth-order valence-corrected chi connectivity index (χ4v) is 3.18. The molecule has 0 bridgehead atoms. The number of nitrogens with one attached hydrogen (secondary N) is 1. The number of rotatable bonds is 5. The smallest absolute Gasteiger partial charge is 0.0308 e. The second-order valence-corrected chi connectivity index (χ2v) is 6.78. The third-order valence-corrected chi connectivity index (χ3v) is 4.47. The summed E-state index contributed by atoms with van der Waals surface area (Å²) in [7, 11) is 0. The molecule has 1 aliphatic heterocycles. The van der Waals surface area contributed by atoms with Crippen molar-refractivity contribution in [3.05, 3.63) is 0 Å². The van der Waals surface area contributed by atoms with E-state index in [0.29, 0.717) is 5.54 Å². The van der Waals surface area contributed by atoms with Crippen LogP contribution in [0.15, 0.2) is 0 Å². The molecule has 2 nitrogen and oxygen atoms in total. The molecule has 2 rings (SSSR count). The van der Waals surface area contributed by atoms with Gasteiger partial charge in [-0.25, -0.2) is 0 Å². The average Bonchev–Trinajstić information content (AvgIpc) is 3.04. The maximum Gasteiger partial charge on any atom is 0.0308 e. The molecule has 2 fully saturated rings. The van der Waals surface area contributed by atoms with E-state index in [4.69, 9.17) is 0 Å². The Morgan fingerprint density at radius 1 is 1.35 bits per heavy atom. The van der Waals surface area contributed by atoms with Crippen LogP contribution in [0.5, 0.6) is 0 Å². The lowest BCUT2D eigenvalue weighted by Gasteiger charge is -2.34. The predicted molar refractivity (Wildman–Crippen MR) is 74.3 cm³/mol. The fourth-order valence-electron chi connectivity index (χ4n) is 3.18. The molecule has 2 heteroatoms. The number of hydrogen-bond acceptors (Lipinski definition) is 2. The SMILES string of the molecule is CC(C)CCCN1CCCNC(C)(C2CC2)C1. The summed E-state index contributed by atoms with van der Waals surface area (Å²) in [6.07, 6.45) is 6.97. The van der Waals surface area contributed by atoms with Crippen molar-refractivity contribution in [2.45, 2.75) is 58.4 Å². The quantitative estimate of drug-likeness (QED) is 0.792. The van der Waals surface area contributed by atoms with E-state index in [-0.39, 0.29) is 0 Å². The molecule has 1 atom stereocenters. The van der Waals surface area contributed by atoms with E-state index in [1.807, 2.05) is 0 Å². The van der Waals surface area contributed by atoms with Crippen molar-refractivity contribution in [2.24, 2.45) is 11.8 Å². The second kappa shape index (κ2) is 5.71. The van der Waals surface area contributed by atoms with Gasteiger partial charge in [0.05, 0.1) is 0 Å². The first-order valence-corrected chi connectivity index (χ1v) is 7.57. The molecular formula is C15H30N2. The Hall–Kier alpha value is -0.0800. The lowest BCUT2D eigenvalue weighted by molar-refractivity contribution is 0.196. The Morgan fingerprint density at radius 3 is 2.76 bits per heavy atom. The Balaban J connectivity index is 1.80. The Bertz CT molecular complexity index is 235. The van der Waals surface area contributed by atoms with Crippen LogP contribution in [0.3, 0.4) is 0 Å². The van der Waals surface area contributed by atoms with Crippen LogP contribution in [-0.2, 0) is 0 Å². The van der Waals surface area contributed by atoms with Gasteiger partial charge in [0.15, 0.2) is 0 Å². The zero-order valence-electron chi connectivity index (χ0n) is 12.0. The van der Waals surface area contributed by atoms with Gasteiger partial charge < -0.3 is 10.2 Å². The molecule has 1 aliphatic carbocycles. The van der Waals surface area contributed by atoms with Crippen molar-refractivity contribution in [1.29, 1.82) is 0 Å². The average molecular weight is 238 g/mol. The van der Waals surface area contributed by atoms with Crippen molar-refractivity contribution in [2.75, 3.05) is 26.2 Å². The summed E-state index contributed by atoms with van der Waals surface area (Å²) in [6.45, 7) is 12.2. The molecule has 0 amide bonds. The van der Waals surface area contributed by atoms with E-state index >= 15 is 0 Å². The molecule has 0 aromatic carbocycles. The summed E-state index contributed by atoms with van der Waals surface area (Å²) in [6, 6.07) is 0. The fraction of sp³-hybridized carbons (Fsp3) is 1.00. The molecule has 1 saturated heterocycles. The summed E-state index contributed by atoms with van der Waals surface area (Å²) < 4.78 is 0. The van der Waals surface area contributed by atoms with Gasteiger partial charge >= 0.3 is 0 Å². The van der Waals surface area contributed by atoms with Crippen molar-refractivity contribution in [3.63, 3.8) is 0 Å². The highest BCUT2D eigenvalue weighted by Gasteiger charge is 2.42. The minimum Gasteiger partial charge on any atom is -0.310 e. The van der Waals surface area contributed by atoms with Crippen LogP contribution >= 0.6 is 0 Å². The van der Waals surface area contributed by atoms with Gasteiger partial charge in [-0.15, -0.1) is 0 Å². The summed E-state index contributed by atoms with van der Waals surface area (Å²) in [5.41, 5.74) is 0.411. The van der Waals surface area contributed by atoms with Gasteiger partial charge in [-0.3, -0.25) is 0 Å². The molecule has 17 heavy (non-hydrogen) atoms. The van der Waals surface area contributed by atoms with Crippen molar-refractivity contribution in [1.82, 2.24) is 10.2 Å². The molecule has 0 aromatic heterocycles. The van der Waals surface area contributed by atoms with Gasteiger partial charge in [-0.05, 0) is 70.5 Å². The van der Waals surface area contributed by atoms with Crippen molar-refractivity contribution < 1.29 is 0 Å². The minimum atomic E-state index is 0.411. The first kappa shape index (κ1) is 13.4. The van der Waals surface area contributed by atoms with E-state index in [2.05, 4.69) is 31.0 Å². The molecular weight excluding hydrogens is 208 g/mol. The summed E-state index contributed by atoms with van der Waals surface area (Å²) in [5, 5.41) is 3.81. The number of nitrogens with zero attached hydrogens (tertiary/aromatic N) is 1. The van der Waals surface area contributed by atoms with Gasteiger partial charge in [0.1, 0.15) is 0 Å². The number of hydrogen-bond donors (Lipinski definition) is 1. The molecule has 1 saturated carbocycles. The van der Waals surface area contributed by atoms with Crippen LogP contribution < -0.4 is 5.32 Å². The Labute approximate surface area is 107 Å². The molecule has 2 aliphatic rings. The van der Waals surface area contributed by atoms with Gasteiger partial charge in [-0.1, -0.05) is 13.8 Å².